The first-order valence-corrected chi connectivity index (χ1v) is 6.19. The maximum atomic E-state index is 13.9. The molecule has 1 nitrogen and oxygen atoms in total. The van der Waals surface area contributed by atoms with Crippen molar-refractivity contribution in [3.63, 3.8) is 0 Å². The summed E-state index contributed by atoms with van der Waals surface area (Å²) in [5.41, 5.74) is 8.68. The van der Waals surface area contributed by atoms with Gasteiger partial charge in [-0.25, -0.2) is 4.39 Å². The molecule has 0 aliphatic carbocycles. The van der Waals surface area contributed by atoms with Gasteiger partial charge in [0, 0.05) is 0 Å². The first-order chi connectivity index (χ1) is 8.59. The minimum atomic E-state index is -0.276. The minimum Gasteiger partial charge on any atom is -0.320 e. The van der Waals surface area contributed by atoms with E-state index in [1.807, 2.05) is 56.3 Å². The molecule has 0 radical (unpaired) electrons. The van der Waals surface area contributed by atoms with E-state index >= 15 is 0 Å². The third kappa shape index (κ3) is 2.59. The molecule has 0 saturated carbocycles. The molecule has 0 fully saturated rings. The topological polar surface area (TPSA) is 26.0 Å². The number of hydrogen-bond donors (Lipinski definition) is 1. The maximum absolute atomic E-state index is 13.9. The Morgan fingerprint density at radius 2 is 1.61 bits per heavy atom. The molecule has 1 atom stereocenters. The van der Waals surface area contributed by atoms with Gasteiger partial charge in [0.1, 0.15) is 5.82 Å². The van der Waals surface area contributed by atoms with Crippen LogP contribution in [0.4, 0.5) is 4.39 Å². The van der Waals surface area contributed by atoms with E-state index in [2.05, 4.69) is 0 Å². The summed E-state index contributed by atoms with van der Waals surface area (Å²) in [7, 11) is 0. The summed E-state index contributed by atoms with van der Waals surface area (Å²) in [4.78, 5) is 0. The molecule has 0 unspecified atom stereocenters. The van der Waals surface area contributed by atoms with Crippen molar-refractivity contribution in [1.82, 2.24) is 0 Å². The van der Waals surface area contributed by atoms with Gasteiger partial charge in [-0.15, -0.1) is 0 Å². The normalized spacial score (nSPS) is 12.7. The van der Waals surface area contributed by atoms with E-state index < -0.39 is 0 Å². The van der Waals surface area contributed by atoms with E-state index in [1.54, 1.807) is 6.07 Å². The van der Waals surface area contributed by atoms with Gasteiger partial charge in [-0.05, 0) is 28.7 Å². The molecule has 0 aliphatic heterocycles. The lowest BCUT2D eigenvalue weighted by Gasteiger charge is -2.15. The SMILES string of the molecule is CC(C)c1ccc([C@@H](N)c2ccccc2)cc1F. The van der Waals surface area contributed by atoms with E-state index in [4.69, 9.17) is 5.73 Å². The Hall–Kier alpha value is -1.67. The number of halogens is 1. The van der Waals surface area contributed by atoms with E-state index in [0.29, 0.717) is 0 Å². The Kier molecular flexibility index (Phi) is 3.78. The fourth-order valence-electron chi connectivity index (χ4n) is 2.06. The minimum absolute atomic E-state index is 0.172. The zero-order valence-electron chi connectivity index (χ0n) is 10.7. The number of nitrogens with two attached hydrogens (primary N) is 1. The van der Waals surface area contributed by atoms with Crippen LogP contribution in [-0.4, -0.2) is 0 Å². The van der Waals surface area contributed by atoms with Crippen molar-refractivity contribution in [3.8, 4) is 0 Å². The van der Waals surface area contributed by atoms with Crippen LogP contribution in [0.5, 0.6) is 0 Å². The highest BCUT2D eigenvalue weighted by molar-refractivity contribution is 5.34. The highest BCUT2D eigenvalue weighted by Gasteiger charge is 2.12. The lowest BCUT2D eigenvalue weighted by Crippen LogP contribution is -2.12. The fourth-order valence-corrected chi connectivity index (χ4v) is 2.06. The van der Waals surface area contributed by atoms with Gasteiger partial charge in [0.05, 0.1) is 6.04 Å². The largest absolute Gasteiger partial charge is 0.320 e. The lowest BCUT2D eigenvalue weighted by molar-refractivity contribution is 0.594. The van der Waals surface area contributed by atoms with E-state index in [9.17, 15) is 4.39 Å². The van der Waals surface area contributed by atoms with Gasteiger partial charge >= 0.3 is 0 Å². The van der Waals surface area contributed by atoms with Gasteiger partial charge in [-0.1, -0.05) is 56.3 Å². The molecule has 0 spiro atoms. The Balaban J connectivity index is 2.32. The molecule has 0 aliphatic rings. The second-order valence-electron chi connectivity index (χ2n) is 4.82. The Labute approximate surface area is 107 Å². The number of rotatable bonds is 3. The first-order valence-electron chi connectivity index (χ1n) is 6.19. The first kappa shape index (κ1) is 12.8. The van der Waals surface area contributed by atoms with E-state index in [0.717, 1.165) is 16.7 Å². The van der Waals surface area contributed by atoms with Crippen LogP contribution in [0.2, 0.25) is 0 Å². The highest BCUT2D eigenvalue weighted by atomic mass is 19.1. The summed E-state index contributed by atoms with van der Waals surface area (Å²) in [6, 6.07) is 14.8. The van der Waals surface area contributed by atoms with Gasteiger partial charge in [-0.2, -0.15) is 0 Å². The number of benzene rings is 2. The molecule has 2 aromatic carbocycles. The molecule has 2 N–H and O–H groups in total. The summed E-state index contributed by atoms with van der Waals surface area (Å²) in [6.45, 7) is 3.96. The molecular weight excluding hydrogens is 225 g/mol. The van der Waals surface area contributed by atoms with Crippen LogP contribution in [0, 0.1) is 5.82 Å². The Morgan fingerprint density at radius 1 is 0.944 bits per heavy atom. The average Bonchev–Trinajstić information content (AvgIpc) is 2.38. The summed E-state index contributed by atoms with van der Waals surface area (Å²) in [6.07, 6.45) is 0. The molecule has 0 bridgehead atoms. The lowest BCUT2D eigenvalue weighted by atomic mass is 9.95. The summed E-state index contributed by atoms with van der Waals surface area (Å²) < 4.78 is 13.9. The quantitative estimate of drug-likeness (QED) is 0.866. The van der Waals surface area contributed by atoms with Crippen molar-refractivity contribution in [2.24, 2.45) is 5.73 Å². The molecule has 2 heteroatoms. The number of hydrogen-bond acceptors (Lipinski definition) is 1. The summed E-state index contributed by atoms with van der Waals surface area (Å²) in [5.74, 6) is 0.0147. The second kappa shape index (κ2) is 5.32. The average molecular weight is 243 g/mol. The third-order valence-corrected chi connectivity index (χ3v) is 3.16. The predicted octanol–water partition coefficient (Wildman–Crippen LogP) is 4.00. The van der Waals surface area contributed by atoms with Crippen molar-refractivity contribution >= 4 is 0 Å². The van der Waals surface area contributed by atoms with Crippen molar-refractivity contribution < 1.29 is 4.39 Å². The van der Waals surface area contributed by atoms with Crippen LogP contribution < -0.4 is 5.73 Å². The van der Waals surface area contributed by atoms with Gasteiger partial charge in [0.15, 0.2) is 0 Å². The third-order valence-electron chi connectivity index (χ3n) is 3.16. The van der Waals surface area contributed by atoms with E-state index in [1.165, 1.54) is 0 Å². The van der Waals surface area contributed by atoms with Gasteiger partial charge in [0.2, 0.25) is 0 Å². The van der Waals surface area contributed by atoms with E-state index in [-0.39, 0.29) is 17.8 Å². The molecular formula is C16H18FN. The molecule has 2 rings (SSSR count). The van der Waals surface area contributed by atoms with Crippen LogP contribution in [0.1, 0.15) is 42.5 Å². The molecule has 0 aromatic heterocycles. The van der Waals surface area contributed by atoms with Crippen molar-refractivity contribution in [1.29, 1.82) is 0 Å². The molecule has 0 saturated heterocycles. The van der Waals surface area contributed by atoms with Gasteiger partial charge in [-0.3, -0.25) is 0 Å². The molecule has 18 heavy (non-hydrogen) atoms. The van der Waals surface area contributed by atoms with Gasteiger partial charge < -0.3 is 5.73 Å². The zero-order chi connectivity index (χ0) is 13.1. The molecule has 0 heterocycles. The molecule has 0 amide bonds. The fraction of sp³-hybridized carbons (Fsp3) is 0.250. The van der Waals surface area contributed by atoms with Crippen molar-refractivity contribution in [3.05, 3.63) is 71.0 Å². The molecule has 94 valence electrons. The van der Waals surface area contributed by atoms with Crippen LogP contribution >= 0.6 is 0 Å². The Morgan fingerprint density at radius 3 is 2.17 bits per heavy atom. The zero-order valence-corrected chi connectivity index (χ0v) is 10.7. The van der Waals surface area contributed by atoms with Crippen LogP contribution in [-0.2, 0) is 0 Å². The molecule has 2 aromatic rings. The maximum Gasteiger partial charge on any atom is 0.127 e. The van der Waals surface area contributed by atoms with Crippen molar-refractivity contribution in [2.75, 3.05) is 0 Å². The standard InChI is InChI=1S/C16H18FN/c1-11(2)14-9-8-13(10-15(14)17)16(18)12-6-4-3-5-7-12/h3-11,16H,18H2,1-2H3/t16-/m0/s1. The van der Waals surface area contributed by atoms with Crippen molar-refractivity contribution in [2.45, 2.75) is 25.8 Å². The highest BCUT2D eigenvalue weighted by Crippen LogP contribution is 2.24. The Bertz CT molecular complexity index is 520. The van der Waals surface area contributed by atoms with Gasteiger partial charge in [0.25, 0.3) is 0 Å². The summed E-state index contributed by atoms with van der Waals surface area (Å²) >= 11 is 0. The predicted molar refractivity (Wildman–Crippen MR) is 73.0 cm³/mol. The second-order valence-corrected chi connectivity index (χ2v) is 4.82. The smallest absolute Gasteiger partial charge is 0.127 e. The monoisotopic (exact) mass is 243 g/mol. The van der Waals surface area contributed by atoms with Crippen LogP contribution in [0.25, 0.3) is 0 Å². The summed E-state index contributed by atoms with van der Waals surface area (Å²) in [5, 5.41) is 0. The van der Waals surface area contributed by atoms with Crippen LogP contribution in [0.3, 0.4) is 0 Å². The van der Waals surface area contributed by atoms with Crippen LogP contribution in [0.15, 0.2) is 48.5 Å².